The van der Waals surface area contributed by atoms with Crippen LogP contribution in [0.1, 0.15) is 110 Å². The Balaban J connectivity index is 2.90. The Morgan fingerprint density at radius 2 is 0.857 bits per heavy atom. The van der Waals surface area contributed by atoms with Gasteiger partial charge in [-0.15, -0.1) is 0 Å². The number of hydrogen-bond donors (Lipinski definition) is 0. The van der Waals surface area contributed by atoms with Crippen molar-refractivity contribution >= 4 is 9.76 Å². The Bertz CT molecular complexity index is 155. The molecule has 0 rings (SSSR count). The van der Waals surface area contributed by atoms with Gasteiger partial charge in [0, 0.05) is 6.61 Å². The van der Waals surface area contributed by atoms with Crippen molar-refractivity contribution in [3.05, 3.63) is 0 Å². The quantitative estimate of drug-likeness (QED) is 0.210. The van der Waals surface area contributed by atoms with Crippen LogP contribution in [0, 0.1) is 0 Å². The number of hydrogen-bond acceptors (Lipinski definition) is 1. The molecule has 0 heterocycles. The van der Waals surface area contributed by atoms with E-state index < -0.39 is 0 Å². The summed E-state index contributed by atoms with van der Waals surface area (Å²) in [6.45, 7) is 5.54. The van der Waals surface area contributed by atoms with Gasteiger partial charge in [0.05, 0.1) is 0 Å². The van der Waals surface area contributed by atoms with Gasteiger partial charge in [0.25, 0.3) is 0 Å². The van der Waals surface area contributed by atoms with Crippen LogP contribution in [0.3, 0.4) is 0 Å². The van der Waals surface area contributed by atoms with Crippen LogP contribution >= 0.6 is 0 Å². The van der Waals surface area contributed by atoms with Crippen LogP contribution < -0.4 is 0 Å². The summed E-state index contributed by atoms with van der Waals surface area (Å²) < 4.78 is 5.49. The molecular formula is C19H42OSi. The Morgan fingerprint density at radius 3 is 1.19 bits per heavy atom. The van der Waals surface area contributed by atoms with Crippen LogP contribution in [0.15, 0.2) is 0 Å². The Hall–Kier alpha value is 0.177. The van der Waals surface area contributed by atoms with E-state index in [1.54, 1.807) is 0 Å². The summed E-state index contributed by atoms with van der Waals surface area (Å²) in [4.78, 5) is 0. The molecule has 128 valence electrons. The van der Waals surface area contributed by atoms with Crippen molar-refractivity contribution in [3.63, 3.8) is 0 Å². The summed E-state index contributed by atoms with van der Waals surface area (Å²) in [6, 6.07) is 0. The maximum atomic E-state index is 5.49. The van der Waals surface area contributed by atoms with Crippen molar-refractivity contribution < 1.29 is 4.43 Å². The summed E-state index contributed by atoms with van der Waals surface area (Å²) in [5, 5.41) is 0. The molecule has 2 heteroatoms. The van der Waals surface area contributed by atoms with Crippen molar-refractivity contribution in [2.24, 2.45) is 0 Å². The van der Waals surface area contributed by atoms with Crippen LogP contribution in [-0.4, -0.2) is 16.4 Å². The summed E-state index contributed by atoms with van der Waals surface area (Å²) >= 11 is 0. The molecule has 0 aliphatic rings. The first-order valence-corrected chi connectivity index (χ1v) is 12.0. The van der Waals surface area contributed by atoms with E-state index in [9.17, 15) is 0 Å². The number of rotatable bonds is 18. The van der Waals surface area contributed by atoms with Crippen molar-refractivity contribution in [2.45, 2.75) is 116 Å². The summed E-state index contributed by atoms with van der Waals surface area (Å²) in [5.74, 6) is 0. The van der Waals surface area contributed by atoms with Gasteiger partial charge in [0.2, 0.25) is 0 Å². The molecule has 0 aromatic rings. The minimum absolute atomic E-state index is 0.152. The third-order valence-electron chi connectivity index (χ3n) is 4.35. The van der Waals surface area contributed by atoms with Gasteiger partial charge in [-0.3, -0.25) is 0 Å². The van der Waals surface area contributed by atoms with E-state index in [1.165, 1.54) is 103 Å². The second kappa shape index (κ2) is 20.2. The largest absolute Gasteiger partial charge is 0.424 e. The SMILES string of the molecule is CCCCCCCCCCCCCCCCCCO[SiH2]C. The van der Waals surface area contributed by atoms with Crippen molar-refractivity contribution in [2.75, 3.05) is 6.61 Å². The Labute approximate surface area is 137 Å². The zero-order valence-corrected chi connectivity index (χ0v) is 16.6. The highest BCUT2D eigenvalue weighted by atomic mass is 28.2. The van der Waals surface area contributed by atoms with E-state index >= 15 is 0 Å². The van der Waals surface area contributed by atoms with Crippen LogP contribution in [0.5, 0.6) is 0 Å². The molecule has 0 aromatic carbocycles. The Kier molecular flexibility index (Phi) is 20.3. The van der Waals surface area contributed by atoms with Crippen molar-refractivity contribution in [3.8, 4) is 0 Å². The first-order chi connectivity index (χ1) is 10.4. The molecule has 0 saturated heterocycles. The molecule has 0 unspecified atom stereocenters. The second-order valence-corrected chi connectivity index (χ2v) is 7.49. The maximum absolute atomic E-state index is 5.49. The van der Waals surface area contributed by atoms with Gasteiger partial charge >= 0.3 is 0 Å². The van der Waals surface area contributed by atoms with Crippen LogP contribution in [0.25, 0.3) is 0 Å². The first-order valence-electron chi connectivity index (χ1n) is 9.99. The molecule has 21 heavy (non-hydrogen) atoms. The highest BCUT2D eigenvalue weighted by molar-refractivity contribution is 6.24. The maximum Gasteiger partial charge on any atom is 0.158 e. The van der Waals surface area contributed by atoms with Gasteiger partial charge in [0.15, 0.2) is 9.76 Å². The van der Waals surface area contributed by atoms with Gasteiger partial charge in [-0.2, -0.15) is 0 Å². The zero-order valence-electron chi connectivity index (χ0n) is 15.1. The third-order valence-corrected chi connectivity index (χ3v) is 5.04. The third kappa shape index (κ3) is 20.2. The Morgan fingerprint density at radius 1 is 0.524 bits per heavy atom. The van der Waals surface area contributed by atoms with E-state index in [0.717, 1.165) is 6.61 Å². The molecule has 0 N–H and O–H groups in total. The molecule has 0 radical (unpaired) electrons. The van der Waals surface area contributed by atoms with Crippen LogP contribution in [-0.2, 0) is 4.43 Å². The average molecular weight is 315 g/mol. The van der Waals surface area contributed by atoms with Crippen LogP contribution in [0.2, 0.25) is 6.55 Å². The summed E-state index contributed by atoms with van der Waals surface area (Å²) in [6.07, 6.45) is 23.1. The molecule has 0 aromatic heterocycles. The minimum Gasteiger partial charge on any atom is -0.424 e. The van der Waals surface area contributed by atoms with E-state index in [-0.39, 0.29) is 9.76 Å². The molecule has 1 nitrogen and oxygen atoms in total. The fourth-order valence-electron chi connectivity index (χ4n) is 2.90. The topological polar surface area (TPSA) is 9.23 Å². The van der Waals surface area contributed by atoms with Gasteiger partial charge in [0.1, 0.15) is 0 Å². The molecule has 0 aliphatic carbocycles. The van der Waals surface area contributed by atoms with E-state index in [1.807, 2.05) is 0 Å². The number of unbranched alkanes of at least 4 members (excludes halogenated alkanes) is 15. The smallest absolute Gasteiger partial charge is 0.158 e. The van der Waals surface area contributed by atoms with E-state index in [2.05, 4.69) is 13.5 Å². The predicted octanol–water partition coefficient (Wildman–Crippen LogP) is 6.40. The fraction of sp³-hybridized carbons (Fsp3) is 1.00. The molecule has 0 spiro atoms. The monoisotopic (exact) mass is 314 g/mol. The molecule has 0 atom stereocenters. The fourth-order valence-corrected chi connectivity index (χ4v) is 3.39. The standard InChI is InChI=1S/C19H42OSi/c1-3-4-5-6-7-8-9-10-11-12-13-14-15-16-17-18-19-20-21-2/h3-19,21H2,1-2H3. The molecule has 0 amide bonds. The lowest BCUT2D eigenvalue weighted by molar-refractivity contribution is 0.323. The molecule has 0 bridgehead atoms. The van der Waals surface area contributed by atoms with Crippen molar-refractivity contribution in [1.82, 2.24) is 0 Å². The van der Waals surface area contributed by atoms with Gasteiger partial charge in [-0.05, 0) is 6.42 Å². The summed E-state index contributed by atoms with van der Waals surface area (Å²) in [7, 11) is -0.152. The molecular weight excluding hydrogens is 272 g/mol. The highest BCUT2D eigenvalue weighted by Crippen LogP contribution is 2.13. The first kappa shape index (κ1) is 21.2. The van der Waals surface area contributed by atoms with Gasteiger partial charge in [-0.1, -0.05) is 110 Å². The normalized spacial score (nSPS) is 11.7. The lowest BCUT2D eigenvalue weighted by Gasteiger charge is -2.04. The lowest BCUT2D eigenvalue weighted by atomic mass is 10.0. The van der Waals surface area contributed by atoms with E-state index in [4.69, 9.17) is 4.43 Å². The predicted molar refractivity (Wildman–Crippen MR) is 99.9 cm³/mol. The average Bonchev–Trinajstić information content (AvgIpc) is 2.50. The van der Waals surface area contributed by atoms with Crippen LogP contribution in [0.4, 0.5) is 0 Å². The second-order valence-electron chi connectivity index (χ2n) is 6.50. The van der Waals surface area contributed by atoms with Crippen molar-refractivity contribution in [1.29, 1.82) is 0 Å². The molecule has 0 aliphatic heterocycles. The van der Waals surface area contributed by atoms with Gasteiger partial charge < -0.3 is 4.43 Å². The minimum atomic E-state index is -0.152. The summed E-state index contributed by atoms with van der Waals surface area (Å²) in [5.41, 5.74) is 0. The molecule has 0 saturated carbocycles. The lowest BCUT2D eigenvalue weighted by Crippen LogP contribution is -1.95. The zero-order chi connectivity index (χ0) is 15.4. The van der Waals surface area contributed by atoms with E-state index in [0.29, 0.717) is 0 Å². The molecule has 0 fully saturated rings. The van der Waals surface area contributed by atoms with Gasteiger partial charge in [-0.25, -0.2) is 0 Å². The highest BCUT2D eigenvalue weighted by Gasteiger charge is 1.94.